The maximum absolute atomic E-state index is 11.4. The van der Waals surface area contributed by atoms with Gasteiger partial charge in [-0.05, 0) is 35.2 Å². The predicted octanol–water partition coefficient (Wildman–Crippen LogP) is 1.73. The molecule has 0 aliphatic carbocycles. The molecule has 0 saturated carbocycles. The fourth-order valence-electron chi connectivity index (χ4n) is 1.65. The third-order valence-electron chi connectivity index (χ3n) is 2.55. The summed E-state index contributed by atoms with van der Waals surface area (Å²) in [7, 11) is 0. The zero-order chi connectivity index (χ0) is 11.2. The first-order chi connectivity index (χ1) is 7.84. The monoisotopic (exact) mass is 240 g/mol. The van der Waals surface area contributed by atoms with Crippen molar-refractivity contribution in [3.63, 3.8) is 0 Å². The number of ether oxygens (including phenoxy) is 1. The number of carbonyl (C=O) groups is 1. The predicted molar refractivity (Wildman–Crippen MR) is 63.5 cm³/mol. The summed E-state index contributed by atoms with van der Waals surface area (Å²) in [6.45, 7) is 2.01. The van der Waals surface area contributed by atoms with Gasteiger partial charge in [0.2, 0.25) is 0 Å². The molecule has 0 radical (unpaired) electrons. The second-order valence-corrected chi connectivity index (χ2v) is 4.61. The molecule has 2 heterocycles. The van der Waals surface area contributed by atoms with E-state index >= 15 is 0 Å². The maximum atomic E-state index is 11.4. The Labute approximate surface area is 99.0 Å². The smallest absolute Gasteiger partial charge is 0.315 e. The standard InChI is InChI=1S/C11H16N2O2S/c14-11(12-6-9-3-5-16-8-9)13-7-10-2-1-4-15-10/h3,5,8,10H,1-2,4,6-7H2,(H2,12,13,14). The second kappa shape index (κ2) is 5.86. The van der Waals surface area contributed by atoms with Crippen LogP contribution in [0.4, 0.5) is 4.79 Å². The average Bonchev–Trinajstić information content (AvgIpc) is 2.96. The summed E-state index contributed by atoms with van der Waals surface area (Å²) in [4.78, 5) is 11.4. The van der Waals surface area contributed by atoms with Crippen molar-refractivity contribution in [3.05, 3.63) is 22.4 Å². The molecule has 0 bridgehead atoms. The van der Waals surface area contributed by atoms with Crippen molar-refractivity contribution in [1.29, 1.82) is 0 Å². The van der Waals surface area contributed by atoms with Crippen LogP contribution in [0.2, 0.25) is 0 Å². The van der Waals surface area contributed by atoms with E-state index < -0.39 is 0 Å². The Balaban J connectivity index is 1.60. The van der Waals surface area contributed by atoms with Crippen LogP contribution in [0.3, 0.4) is 0 Å². The third-order valence-corrected chi connectivity index (χ3v) is 3.28. The van der Waals surface area contributed by atoms with E-state index in [-0.39, 0.29) is 12.1 Å². The van der Waals surface area contributed by atoms with Gasteiger partial charge in [-0.25, -0.2) is 4.79 Å². The molecule has 1 atom stereocenters. The van der Waals surface area contributed by atoms with Gasteiger partial charge in [0.05, 0.1) is 6.10 Å². The minimum atomic E-state index is -0.123. The lowest BCUT2D eigenvalue weighted by molar-refractivity contribution is 0.111. The normalized spacial score (nSPS) is 19.6. The van der Waals surface area contributed by atoms with Crippen LogP contribution in [0.1, 0.15) is 18.4 Å². The van der Waals surface area contributed by atoms with Crippen LogP contribution in [0.25, 0.3) is 0 Å². The molecule has 1 aromatic heterocycles. The largest absolute Gasteiger partial charge is 0.376 e. The maximum Gasteiger partial charge on any atom is 0.315 e. The lowest BCUT2D eigenvalue weighted by atomic mass is 10.2. The highest BCUT2D eigenvalue weighted by atomic mass is 32.1. The van der Waals surface area contributed by atoms with Gasteiger partial charge in [-0.2, -0.15) is 11.3 Å². The van der Waals surface area contributed by atoms with Gasteiger partial charge in [0.15, 0.2) is 0 Å². The van der Waals surface area contributed by atoms with E-state index in [0.29, 0.717) is 13.1 Å². The number of amides is 2. The molecule has 88 valence electrons. The van der Waals surface area contributed by atoms with E-state index in [4.69, 9.17) is 4.74 Å². The molecule has 1 fully saturated rings. The van der Waals surface area contributed by atoms with Crippen LogP contribution in [-0.4, -0.2) is 25.3 Å². The van der Waals surface area contributed by atoms with Crippen LogP contribution in [-0.2, 0) is 11.3 Å². The lowest BCUT2D eigenvalue weighted by Crippen LogP contribution is -2.39. The number of rotatable bonds is 4. The fraction of sp³-hybridized carbons (Fsp3) is 0.545. The molecule has 5 heteroatoms. The van der Waals surface area contributed by atoms with Crippen molar-refractivity contribution < 1.29 is 9.53 Å². The average molecular weight is 240 g/mol. The molecule has 2 rings (SSSR count). The second-order valence-electron chi connectivity index (χ2n) is 3.83. The first-order valence-corrected chi connectivity index (χ1v) is 6.43. The molecule has 1 aliphatic rings. The van der Waals surface area contributed by atoms with E-state index in [2.05, 4.69) is 10.6 Å². The lowest BCUT2D eigenvalue weighted by Gasteiger charge is -2.11. The van der Waals surface area contributed by atoms with Crippen LogP contribution in [0.5, 0.6) is 0 Å². The molecule has 1 aliphatic heterocycles. The molecule has 1 saturated heterocycles. The van der Waals surface area contributed by atoms with Crippen molar-refractivity contribution in [2.45, 2.75) is 25.5 Å². The summed E-state index contributed by atoms with van der Waals surface area (Å²) >= 11 is 1.63. The minimum Gasteiger partial charge on any atom is -0.376 e. The summed E-state index contributed by atoms with van der Waals surface area (Å²) < 4.78 is 5.41. The molecule has 2 amide bonds. The molecular weight excluding hydrogens is 224 g/mol. The van der Waals surface area contributed by atoms with Gasteiger partial charge in [0.1, 0.15) is 0 Å². The summed E-state index contributed by atoms with van der Waals surface area (Å²) in [6.07, 6.45) is 2.35. The van der Waals surface area contributed by atoms with Gasteiger partial charge < -0.3 is 15.4 Å². The van der Waals surface area contributed by atoms with Crippen LogP contribution < -0.4 is 10.6 Å². The summed E-state index contributed by atoms with van der Waals surface area (Å²) in [5.41, 5.74) is 1.14. The minimum absolute atomic E-state index is 0.123. The third kappa shape index (κ3) is 3.50. The van der Waals surface area contributed by atoms with Gasteiger partial charge >= 0.3 is 6.03 Å². The Hall–Kier alpha value is -1.07. The Morgan fingerprint density at radius 3 is 3.19 bits per heavy atom. The van der Waals surface area contributed by atoms with E-state index in [9.17, 15) is 4.79 Å². The number of carbonyl (C=O) groups excluding carboxylic acids is 1. The quantitative estimate of drug-likeness (QED) is 0.842. The van der Waals surface area contributed by atoms with Gasteiger partial charge in [-0.1, -0.05) is 0 Å². The van der Waals surface area contributed by atoms with Gasteiger partial charge in [-0.3, -0.25) is 0 Å². The van der Waals surface area contributed by atoms with E-state index in [0.717, 1.165) is 25.0 Å². The first kappa shape index (κ1) is 11.4. The molecular formula is C11H16N2O2S. The number of thiophene rings is 1. The van der Waals surface area contributed by atoms with E-state index in [1.54, 1.807) is 11.3 Å². The molecule has 1 unspecified atom stereocenters. The molecule has 4 nitrogen and oxygen atoms in total. The Kier molecular flexibility index (Phi) is 4.18. The van der Waals surface area contributed by atoms with Crippen molar-refractivity contribution in [3.8, 4) is 0 Å². The Bertz CT molecular complexity index is 321. The van der Waals surface area contributed by atoms with Crippen LogP contribution >= 0.6 is 11.3 Å². The topological polar surface area (TPSA) is 50.4 Å². The van der Waals surface area contributed by atoms with Crippen molar-refractivity contribution in [1.82, 2.24) is 10.6 Å². The van der Waals surface area contributed by atoms with E-state index in [1.807, 2.05) is 16.8 Å². The number of hydrogen-bond acceptors (Lipinski definition) is 3. The zero-order valence-electron chi connectivity index (χ0n) is 9.07. The Morgan fingerprint density at radius 2 is 2.50 bits per heavy atom. The van der Waals surface area contributed by atoms with Crippen LogP contribution in [0.15, 0.2) is 16.8 Å². The highest BCUT2D eigenvalue weighted by Crippen LogP contribution is 2.10. The molecule has 0 spiro atoms. The molecule has 16 heavy (non-hydrogen) atoms. The van der Waals surface area contributed by atoms with Crippen LogP contribution in [0, 0.1) is 0 Å². The number of urea groups is 1. The molecule has 1 aromatic rings. The van der Waals surface area contributed by atoms with Crippen molar-refractivity contribution in [2.75, 3.05) is 13.2 Å². The zero-order valence-corrected chi connectivity index (χ0v) is 9.89. The fourth-order valence-corrected chi connectivity index (χ4v) is 2.32. The number of hydrogen-bond donors (Lipinski definition) is 2. The van der Waals surface area contributed by atoms with Gasteiger partial charge in [-0.15, -0.1) is 0 Å². The Morgan fingerprint density at radius 1 is 1.56 bits per heavy atom. The highest BCUT2D eigenvalue weighted by molar-refractivity contribution is 7.07. The molecule has 0 aromatic carbocycles. The van der Waals surface area contributed by atoms with Crippen molar-refractivity contribution >= 4 is 17.4 Å². The van der Waals surface area contributed by atoms with Gasteiger partial charge in [0.25, 0.3) is 0 Å². The molecule has 2 N–H and O–H groups in total. The summed E-state index contributed by atoms with van der Waals surface area (Å²) in [5, 5.41) is 9.65. The summed E-state index contributed by atoms with van der Waals surface area (Å²) in [5.74, 6) is 0. The summed E-state index contributed by atoms with van der Waals surface area (Å²) in [6, 6.07) is 1.88. The first-order valence-electron chi connectivity index (χ1n) is 5.49. The van der Waals surface area contributed by atoms with Crippen molar-refractivity contribution in [2.24, 2.45) is 0 Å². The highest BCUT2D eigenvalue weighted by Gasteiger charge is 2.15. The van der Waals surface area contributed by atoms with Gasteiger partial charge in [0, 0.05) is 19.7 Å². The van der Waals surface area contributed by atoms with E-state index in [1.165, 1.54) is 0 Å². The number of nitrogens with one attached hydrogen (secondary N) is 2. The SMILES string of the molecule is O=C(NCc1ccsc1)NCC1CCCO1.